The van der Waals surface area contributed by atoms with Crippen molar-refractivity contribution in [3.63, 3.8) is 0 Å². The van der Waals surface area contributed by atoms with Crippen LogP contribution in [0, 0.1) is 0 Å². The number of nitrogens with one attached hydrogen (secondary N) is 1. The summed E-state index contributed by atoms with van der Waals surface area (Å²) in [5, 5.41) is 3.98. The minimum Gasteiger partial charge on any atom is -0.468 e. The molecule has 6 heteroatoms. The lowest BCUT2D eigenvalue weighted by Crippen LogP contribution is -2.52. The van der Waals surface area contributed by atoms with Crippen LogP contribution >= 0.6 is 11.8 Å². The van der Waals surface area contributed by atoms with Crippen molar-refractivity contribution in [1.82, 2.24) is 15.3 Å². The predicted molar refractivity (Wildman–Crippen MR) is 66.9 cm³/mol. The number of carbonyl (C=O) groups excluding carboxylic acids is 1. The van der Waals surface area contributed by atoms with Crippen molar-refractivity contribution in [2.75, 3.05) is 19.4 Å². The molecule has 94 valence electrons. The zero-order valence-corrected chi connectivity index (χ0v) is 11.1. The summed E-state index contributed by atoms with van der Waals surface area (Å²) in [6.45, 7) is 4.49. The fourth-order valence-electron chi connectivity index (χ4n) is 1.38. The van der Waals surface area contributed by atoms with Crippen molar-refractivity contribution in [2.24, 2.45) is 0 Å². The van der Waals surface area contributed by atoms with Gasteiger partial charge >= 0.3 is 5.97 Å². The fourth-order valence-corrected chi connectivity index (χ4v) is 2.31. The normalized spacial score (nSPS) is 14.1. The molecule has 1 N–H and O–H groups in total. The van der Waals surface area contributed by atoms with Gasteiger partial charge in [0, 0.05) is 11.9 Å². The molecule has 0 radical (unpaired) electrons. The van der Waals surface area contributed by atoms with Crippen LogP contribution < -0.4 is 5.32 Å². The first-order valence-electron chi connectivity index (χ1n) is 5.34. The Hall–Kier alpha value is -1.14. The Morgan fingerprint density at radius 1 is 1.65 bits per heavy atom. The second kappa shape index (κ2) is 6.56. The number of ether oxygens (including phenoxy) is 1. The minimum atomic E-state index is -0.695. The van der Waals surface area contributed by atoms with Crippen molar-refractivity contribution >= 4 is 17.7 Å². The highest BCUT2D eigenvalue weighted by Crippen LogP contribution is 2.21. The molecule has 1 atom stereocenters. The molecule has 0 aliphatic heterocycles. The Bertz CT molecular complexity index is 361. The molecule has 1 rings (SSSR count). The zero-order chi connectivity index (χ0) is 12.7. The number of hydrogen-bond donors (Lipinski definition) is 1. The third-order valence-corrected chi connectivity index (χ3v) is 3.53. The standard InChI is InChI=1S/C11H17N3O2S/c1-4-14-11(2,10(15)16-3)7-17-9-5-6-12-8-13-9/h5-6,8,14H,4,7H2,1-3H3. The fraction of sp³-hybridized carbons (Fsp3) is 0.545. The van der Waals surface area contributed by atoms with Gasteiger partial charge in [0.05, 0.1) is 12.1 Å². The van der Waals surface area contributed by atoms with E-state index in [0.29, 0.717) is 12.3 Å². The Morgan fingerprint density at radius 3 is 2.94 bits per heavy atom. The second-order valence-electron chi connectivity index (χ2n) is 3.69. The third-order valence-electron chi connectivity index (χ3n) is 2.27. The Labute approximate surface area is 105 Å². The van der Waals surface area contributed by atoms with Crippen LogP contribution in [0.1, 0.15) is 13.8 Å². The molecule has 1 aromatic heterocycles. The molecular weight excluding hydrogens is 238 g/mol. The van der Waals surface area contributed by atoms with E-state index in [2.05, 4.69) is 15.3 Å². The quantitative estimate of drug-likeness (QED) is 0.467. The number of carbonyl (C=O) groups is 1. The number of esters is 1. The molecule has 0 bridgehead atoms. The molecule has 17 heavy (non-hydrogen) atoms. The summed E-state index contributed by atoms with van der Waals surface area (Å²) < 4.78 is 4.81. The van der Waals surface area contributed by atoms with Crippen LogP contribution in [0.4, 0.5) is 0 Å². The van der Waals surface area contributed by atoms with Crippen molar-refractivity contribution in [3.8, 4) is 0 Å². The van der Waals surface area contributed by atoms with E-state index >= 15 is 0 Å². The van der Waals surface area contributed by atoms with Gasteiger partial charge in [-0.05, 0) is 19.5 Å². The summed E-state index contributed by atoms with van der Waals surface area (Å²) >= 11 is 1.50. The van der Waals surface area contributed by atoms with Crippen LogP contribution in [0.25, 0.3) is 0 Å². The van der Waals surface area contributed by atoms with Gasteiger partial charge in [-0.1, -0.05) is 6.92 Å². The molecule has 0 saturated heterocycles. The summed E-state index contributed by atoms with van der Waals surface area (Å²) in [5.74, 6) is 0.297. The maximum absolute atomic E-state index is 11.7. The summed E-state index contributed by atoms with van der Waals surface area (Å²) in [5.41, 5.74) is -0.695. The third kappa shape index (κ3) is 3.98. The molecule has 1 aromatic rings. The van der Waals surface area contributed by atoms with Gasteiger partial charge in [-0.3, -0.25) is 4.79 Å². The molecule has 0 aliphatic rings. The number of rotatable bonds is 6. The van der Waals surface area contributed by atoms with Crippen molar-refractivity contribution in [2.45, 2.75) is 24.4 Å². The van der Waals surface area contributed by atoms with Gasteiger partial charge in [0.15, 0.2) is 0 Å². The van der Waals surface area contributed by atoms with E-state index in [1.165, 1.54) is 25.2 Å². The van der Waals surface area contributed by atoms with Crippen LogP contribution in [-0.4, -0.2) is 40.9 Å². The number of thioether (sulfide) groups is 1. The topological polar surface area (TPSA) is 64.1 Å². The highest BCUT2D eigenvalue weighted by Gasteiger charge is 2.33. The molecule has 0 spiro atoms. The monoisotopic (exact) mass is 255 g/mol. The van der Waals surface area contributed by atoms with E-state index in [9.17, 15) is 4.79 Å². The highest BCUT2D eigenvalue weighted by atomic mass is 32.2. The van der Waals surface area contributed by atoms with Crippen molar-refractivity contribution in [1.29, 1.82) is 0 Å². The van der Waals surface area contributed by atoms with Gasteiger partial charge in [-0.2, -0.15) is 0 Å². The minimum absolute atomic E-state index is 0.263. The number of hydrogen-bond acceptors (Lipinski definition) is 6. The largest absolute Gasteiger partial charge is 0.468 e. The molecule has 0 aliphatic carbocycles. The van der Waals surface area contributed by atoms with Crippen LogP contribution in [0.5, 0.6) is 0 Å². The van der Waals surface area contributed by atoms with Crippen molar-refractivity contribution < 1.29 is 9.53 Å². The van der Waals surface area contributed by atoms with Crippen LogP contribution in [0.2, 0.25) is 0 Å². The first-order valence-corrected chi connectivity index (χ1v) is 6.33. The van der Waals surface area contributed by atoms with Gasteiger partial charge in [0.25, 0.3) is 0 Å². The van der Waals surface area contributed by atoms with Gasteiger partial charge in [-0.25, -0.2) is 9.97 Å². The number of aromatic nitrogens is 2. The molecule has 0 fully saturated rings. The average molecular weight is 255 g/mol. The highest BCUT2D eigenvalue weighted by molar-refractivity contribution is 7.99. The molecule has 0 saturated carbocycles. The second-order valence-corrected chi connectivity index (χ2v) is 4.69. The summed E-state index contributed by atoms with van der Waals surface area (Å²) in [6, 6.07) is 1.81. The van der Waals surface area contributed by atoms with Gasteiger partial charge in [0.2, 0.25) is 0 Å². The summed E-state index contributed by atoms with van der Waals surface area (Å²) in [4.78, 5) is 19.7. The lowest BCUT2D eigenvalue weighted by molar-refractivity contribution is -0.146. The maximum atomic E-state index is 11.7. The van der Waals surface area contributed by atoms with Crippen LogP contribution in [0.15, 0.2) is 23.6 Å². The predicted octanol–water partition coefficient (Wildman–Crippen LogP) is 1.11. The summed E-state index contributed by atoms with van der Waals surface area (Å²) in [7, 11) is 1.40. The Morgan fingerprint density at radius 2 is 2.41 bits per heavy atom. The molecular formula is C11H17N3O2S. The lowest BCUT2D eigenvalue weighted by Gasteiger charge is -2.26. The van der Waals surface area contributed by atoms with E-state index < -0.39 is 5.54 Å². The van der Waals surface area contributed by atoms with Crippen LogP contribution in [-0.2, 0) is 9.53 Å². The van der Waals surface area contributed by atoms with Gasteiger partial charge in [0.1, 0.15) is 11.9 Å². The van der Waals surface area contributed by atoms with E-state index in [1.807, 2.05) is 19.9 Å². The molecule has 5 nitrogen and oxygen atoms in total. The molecule has 0 aromatic carbocycles. The first kappa shape index (κ1) is 13.9. The smallest absolute Gasteiger partial charge is 0.326 e. The van der Waals surface area contributed by atoms with E-state index in [-0.39, 0.29) is 5.97 Å². The van der Waals surface area contributed by atoms with Crippen molar-refractivity contribution in [3.05, 3.63) is 18.6 Å². The lowest BCUT2D eigenvalue weighted by atomic mass is 10.1. The molecule has 1 unspecified atom stereocenters. The maximum Gasteiger partial charge on any atom is 0.326 e. The summed E-state index contributed by atoms with van der Waals surface area (Å²) in [6.07, 6.45) is 3.17. The molecule has 0 amide bonds. The Kier molecular flexibility index (Phi) is 5.37. The SMILES string of the molecule is CCNC(C)(CSc1ccncn1)C(=O)OC. The van der Waals surface area contributed by atoms with Crippen LogP contribution in [0.3, 0.4) is 0 Å². The average Bonchev–Trinajstić information content (AvgIpc) is 2.37. The Balaban J connectivity index is 2.64. The van der Waals surface area contributed by atoms with E-state index in [0.717, 1.165) is 5.03 Å². The van der Waals surface area contributed by atoms with Gasteiger partial charge in [-0.15, -0.1) is 11.8 Å². The van der Waals surface area contributed by atoms with E-state index in [4.69, 9.17) is 4.74 Å². The number of nitrogens with zero attached hydrogens (tertiary/aromatic N) is 2. The number of likely N-dealkylation sites (N-methyl/N-ethyl adjacent to an activating group) is 1. The first-order chi connectivity index (χ1) is 8.12. The van der Waals surface area contributed by atoms with Gasteiger partial charge < -0.3 is 10.1 Å². The zero-order valence-electron chi connectivity index (χ0n) is 10.3. The number of methoxy groups -OCH3 is 1. The van der Waals surface area contributed by atoms with E-state index in [1.54, 1.807) is 6.20 Å². The molecule has 1 heterocycles.